The van der Waals surface area contributed by atoms with Crippen molar-refractivity contribution in [3.8, 4) is 0 Å². The van der Waals surface area contributed by atoms with Crippen LogP contribution in [0.4, 0.5) is 0 Å². The molecular weight excluding hydrogens is 306 g/mol. The first-order valence-corrected chi connectivity index (χ1v) is 8.65. The second kappa shape index (κ2) is 7.66. The number of ether oxygens (including phenoxy) is 1. The second-order valence-corrected chi connectivity index (χ2v) is 6.12. The monoisotopic (exact) mass is 331 g/mol. The lowest BCUT2D eigenvalue weighted by Crippen LogP contribution is -2.38. The van der Waals surface area contributed by atoms with Crippen LogP contribution in [0.15, 0.2) is 28.8 Å². The molecule has 1 aliphatic heterocycles. The molecule has 1 fully saturated rings. The first kappa shape index (κ1) is 16.8. The molecule has 1 saturated heterocycles. The summed E-state index contributed by atoms with van der Waals surface area (Å²) in [5, 5.41) is 4.39. The Bertz CT molecular complexity index is 677. The van der Waals surface area contributed by atoms with Gasteiger partial charge in [-0.2, -0.15) is 5.10 Å². The average molecular weight is 331 g/mol. The van der Waals surface area contributed by atoms with Crippen molar-refractivity contribution in [2.24, 2.45) is 0 Å². The van der Waals surface area contributed by atoms with Gasteiger partial charge in [0.15, 0.2) is 0 Å². The Hall–Kier alpha value is -2.08. The van der Waals surface area contributed by atoms with Crippen molar-refractivity contribution in [1.29, 1.82) is 0 Å². The zero-order valence-corrected chi connectivity index (χ0v) is 14.4. The molecule has 2 aromatic heterocycles. The molecule has 3 heterocycles. The van der Waals surface area contributed by atoms with Crippen molar-refractivity contribution >= 4 is 5.91 Å². The van der Waals surface area contributed by atoms with Gasteiger partial charge < -0.3 is 14.1 Å². The number of furan rings is 1. The highest BCUT2D eigenvalue weighted by Gasteiger charge is 2.31. The molecule has 0 N–H and O–H groups in total. The van der Waals surface area contributed by atoms with Crippen LogP contribution in [-0.2, 0) is 17.7 Å². The highest BCUT2D eigenvalue weighted by molar-refractivity contribution is 5.92. The van der Waals surface area contributed by atoms with E-state index in [1.807, 2.05) is 23.2 Å². The Kier molecular flexibility index (Phi) is 5.35. The van der Waals surface area contributed by atoms with Gasteiger partial charge in [0, 0.05) is 26.3 Å². The normalized spacial score (nSPS) is 18.1. The van der Waals surface area contributed by atoms with Gasteiger partial charge in [-0.25, -0.2) is 0 Å². The van der Waals surface area contributed by atoms with E-state index >= 15 is 0 Å². The molecule has 3 rings (SSSR count). The van der Waals surface area contributed by atoms with Gasteiger partial charge in [-0.15, -0.1) is 0 Å². The average Bonchev–Trinajstić information content (AvgIpc) is 3.28. The molecule has 1 aliphatic rings. The molecule has 0 bridgehead atoms. The summed E-state index contributed by atoms with van der Waals surface area (Å²) in [5.74, 6) is 1.83. The molecule has 0 saturated carbocycles. The van der Waals surface area contributed by atoms with Crippen LogP contribution in [0.1, 0.15) is 54.2 Å². The first-order chi connectivity index (χ1) is 11.7. The number of piperidine rings is 1. The summed E-state index contributed by atoms with van der Waals surface area (Å²) in [7, 11) is 1.65. The molecule has 0 spiro atoms. The third kappa shape index (κ3) is 3.53. The topological polar surface area (TPSA) is 60.5 Å². The summed E-state index contributed by atoms with van der Waals surface area (Å²) >= 11 is 0. The summed E-state index contributed by atoms with van der Waals surface area (Å²) in [6.07, 6.45) is 5.76. The van der Waals surface area contributed by atoms with Crippen LogP contribution in [0.2, 0.25) is 0 Å². The summed E-state index contributed by atoms with van der Waals surface area (Å²) in [4.78, 5) is 14.8. The van der Waals surface area contributed by atoms with Crippen LogP contribution in [0, 0.1) is 0 Å². The Labute approximate surface area is 142 Å². The lowest BCUT2D eigenvalue weighted by Gasteiger charge is -2.34. The van der Waals surface area contributed by atoms with E-state index in [0.29, 0.717) is 18.8 Å². The second-order valence-electron chi connectivity index (χ2n) is 6.12. The Morgan fingerprint density at radius 2 is 2.25 bits per heavy atom. The fourth-order valence-corrected chi connectivity index (χ4v) is 3.17. The molecule has 1 unspecified atom stereocenters. The number of aromatic nitrogens is 2. The van der Waals surface area contributed by atoms with Gasteiger partial charge in [-0.1, -0.05) is 6.92 Å². The minimum atomic E-state index is -0.0229. The summed E-state index contributed by atoms with van der Waals surface area (Å²) in [6.45, 7) is 4.04. The maximum atomic E-state index is 12.9. The van der Waals surface area contributed by atoms with Crippen molar-refractivity contribution in [2.75, 3.05) is 20.3 Å². The molecular formula is C18H25N3O3. The zero-order valence-electron chi connectivity index (χ0n) is 14.4. The van der Waals surface area contributed by atoms with E-state index in [2.05, 4.69) is 12.0 Å². The first-order valence-electron chi connectivity index (χ1n) is 8.65. The van der Waals surface area contributed by atoms with Gasteiger partial charge in [-0.05, 0) is 37.5 Å². The Morgan fingerprint density at radius 3 is 3.00 bits per heavy atom. The number of aryl methyl sites for hydroxylation is 1. The highest BCUT2D eigenvalue weighted by atomic mass is 16.5. The largest absolute Gasteiger partial charge is 0.464 e. The SMILES string of the molecule is CCc1ccc(C2CCCCN2C(=O)c2ccn(CCOC)n2)o1. The molecule has 0 radical (unpaired) electrons. The van der Waals surface area contributed by atoms with Crippen LogP contribution < -0.4 is 0 Å². The number of amides is 1. The van der Waals surface area contributed by atoms with Crippen molar-refractivity contribution in [3.05, 3.63) is 41.6 Å². The van der Waals surface area contributed by atoms with E-state index < -0.39 is 0 Å². The fraction of sp³-hybridized carbons (Fsp3) is 0.556. The molecule has 6 nitrogen and oxygen atoms in total. The van der Waals surface area contributed by atoms with Crippen LogP contribution >= 0.6 is 0 Å². The lowest BCUT2D eigenvalue weighted by molar-refractivity contribution is 0.0571. The number of methoxy groups -OCH3 is 1. The fourth-order valence-electron chi connectivity index (χ4n) is 3.17. The third-order valence-electron chi connectivity index (χ3n) is 4.51. The molecule has 130 valence electrons. The zero-order chi connectivity index (χ0) is 16.9. The minimum Gasteiger partial charge on any atom is -0.464 e. The smallest absolute Gasteiger partial charge is 0.274 e. The standard InChI is InChI=1S/C18H25N3O3/c1-3-14-7-8-17(24-14)16-6-4-5-10-21(16)18(22)15-9-11-20(19-15)12-13-23-2/h7-9,11,16H,3-6,10,12-13H2,1-2H3. The third-order valence-corrected chi connectivity index (χ3v) is 4.51. The molecule has 2 aromatic rings. The van der Waals surface area contributed by atoms with Crippen molar-refractivity contribution in [2.45, 2.75) is 45.2 Å². The molecule has 0 aliphatic carbocycles. The number of nitrogens with zero attached hydrogens (tertiary/aromatic N) is 3. The number of carbonyl (C=O) groups is 1. The Balaban J connectivity index is 1.76. The van der Waals surface area contributed by atoms with Crippen LogP contribution in [0.3, 0.4) is 0 Å². The summed E-state index contributed by atoms with van der Waals surface area (Å²) in [5.41, 5.74) is 0.486. The molecule has 1 amide bonds. The highest BCUT2D eigenvalue weighted by Crippen LogP contribution is 2.33. The number of hydrogen-bond donors (Lipinski definition) is 0. The van der Waals surface area contributed by atoms with E-state index in [-0.39, 0.29) is 11.9 Å². The number of hydrogen-bond acceptors (Lipinski definition) is 4. The number of carbonyl (C=O) groups excluding carboxylic acids is 1. The summed E-state index contributed by atoms with van der Waals surface area (Å²) < 4.78 is 12.7. The van der Waals surface area contributed by atoms with Gasteiger partial charge in [0.2, 0.25) is 0 Å². The maximum absolute atomic E-state index is 12.9. The van der Waals surface area contributed by atoms with Gasteiger partial charge >= 0.3 is 0 Å². The van der Waals surface area contributed by atoms with Gasteiger partial charge in [0.1, 0.15) is 17.2 Å². The minimum absolute atomic E-state index is 0.00988. The van der Waals surface area contributed by atoms with E-state index in [4.69, 9.17) is 9.15 Å². The van der Waals surface area contributed by atoms with Crippen molar-refractivity contribution in [3.63, 3.8) is 0 Å². The lowest BCUT2D eigenvalue weighted by atomic mass is 9.99. The van der Waals surface area contributed by atoms with E-state index in [9.17, 15) is 4.79 Å². The van der Waals surface area contributed by atoms with E-state index in [1.54, 1.807) is 17.9 Å². The quantitative estimate of drug-likeness (QED) is 0.816. The van der Waals surface area contributed by atoms with Gasteiger partial charge in [0.25, 0.3) is 5.91 Å². The predicted molar refractivity (Wildman–Crippen MR) is 89.8 cm³/mol. The van der Waals surface area contributed by atoms with Crippen LogP contribution in [-0.4, -0.2) is 40.8 Å². The molecule has 6 heteroatoms. The van der Waals surface area contributed by atoms with Crippen LogP contribution in [0.5, 0.6) is 0 Å². The number of likely N-dealkylation sites (tertiary alicyclic amines) is 1. The van der Waals surface area contributed by atoms with E-state index in [1.165, 1.54) is 0 Å². The Morgan fingerprint density at radius 1 is 1.38 bits per heavy atom. The maximum Gasteiger partial charge on any atom is 0.274 e. The van der Waals surface area contributed by atoms with Crippen molar-refractivity contribution < 1.29 is 13.9 Å². The van der Waals surface area contributed by atoms with Crippen LogP contribution in [0.25, 0.3) is 0 Å². The predicted octanol–water partition coefficient (Wildman–Crippen LogP) is 3.05. The van der Waals surface area contributed by atoms with E-state index in [0.717, 1.165) is 43.7 Å². The van der Waals surface area contributed by atoms with Crippen molar-refractivity contribution in [1.82, 2.24) is 14.7 Å². The van der Waals surface area contributed by atoms with Gasteiger partial charge in [-0.3, -0.25) is 9.48 Å². The molecule has 1 atom stereocenters. The summed E-state index contributed by atoms with van der Waals surface area (Å²) in [6, 6.07) is 5.80. The molecule has 24 heavy (non-hydrogen) atoms. The molecule has 0 aromatic carbocycles. The van der Waals surface area contributed by atoms with Gasteiger partial charge in [0.05, 0.1) is 19.2 Å². The number of rotatable bonds is 6.